The van der Waals surface area contributed by atoms with Gasteiger partial charge in [-0.3, -0.25) is 4.79 Å². The zero-order valence-electron chi connectivity index (χ0n) is 11.4. The van der Waals surface area contributed by atoms with E-state index in [1.807, 2.05) is 13.1 Å². The molecule has 1 fully saturated rings. The van der Waals surface area contributed by atoms with Crippen molar-refractivity contribution in [3.05, 3.63) is 28.2 Å². The van der Waals surface area contributed by atoms with Crippen molar-refractivity contribution in [2.75, 3.05) is 39.5 Å². The Kier molecular flexibility index (Phi) is 4.47. The average molecular weight is 326 g/mol. The van der Waals surface area contributed by atoms with Crippen LogP contribution in [0.3, 0.4) is 0 Å². The first-order valence-electron chi connectivity index (χ1n) is 6.46. The van der Waals surface area contributed by atoms with Crippen molar-refractivity contribution in [1.82, 2.24) is 9.80 Å². The molecule has 4 nitrogen and oxygen atoms in total. The SMILES string of the molecule is CN1CCC(CN(C)C(=O)c2cc(N)ccc2Br)C1. The summed E-state index contributed by atoms with van der Waals surface area (Å²) in [5.41, 5.74) is 6.99. The molecule has 1 atom stereocenters. The molecule has 0 bridgehead atoms. The number of benzene rings is 1. The summed E-state index contributed by atoms with van der Waals surface area (Å²) >= 11 is 3.41. The van der Waals surface area contributed by atoms with Crippen LogP contribution in [0.1, 0.15) is 16.8 Å². The van der Waals surface area contributed by atoms with Gasteiger partial charge in [0.05, 0.1) is 5.56 Å². The molecule has 1 aliphatic heterocycles. The van der Waals surface area contributed by atoms with Gasteiger partial charge in [0, 0.05) is 30.3 Å². The third-order valence-electron chi connectivity index (χ3n) is 3.59. The Morgan fingerprint density at radius 3 is 2.95 bits per heavy atom. The van der Waals surface area contributed by atoms with Gasteiger partial charge in [-0.2, -0.15) is 0 Å². The smallest absolute Gasteiger partial charge is 0.254 e. The summed E-state index contributed by atoms with van der Waals surface area (Å²) in [5, 5.41) is 0. The lowest BCUT2D eigenvalue weighted by Crippen LogP contribution is -2.33. The Labute approximate surface area is 122 Å². The number of carbonyl (C=O) groups is 1. The molecular weight excluding hydrogens is 306 g/mol. The van der Waals surface area contributed by atoms with Crippen LogP contribution in [-0.4, -0.2) is 49.4 Å². The van der Waals surface area contributed by atoms with Crippen LogP contribution in [0, 0.1) is 5.92 Å². The summed E-state index contributed by atoms with van der Waals surface area (Å²) in [7, 11) is 3.98. The Balaban J connectivity index is 2.04. The third kappa shape index (κ3) is 3.48. The molecule has 1 heterocycles. The van der Waals surface area contributed by atoms with Crippen molar-refractivity contribution in [3.8, 4) is 0 Å². The minimum absolute atomic E-state index is 0.0220. The number of halogens is 1. The Bertz CT molecular complexity index is 478. The first kappa shape index (κ1) is 14.3. The fraction of sp³-hybridized carbons (Fsp3) is 0.500. The van der Waals surface area contributed by atoms with Gasteiger partial charge in [-0.1, -0.05) is 0 Å². The van der Waals surface area contributed by atoms with Crippen LogP contribution in [0.25, 0.3) is 0 Å². The third-order valence-corrected chi connectivity index (χ3v) is 4.28. The molecule has 0 saturated carbocycles. The van der Waals surface area contributed by atoms with E-state index in [0.29, 0.717) is 17.2 Å². The molecule has 5 heteroatoms. The van der Waals surface area contributed by atoms with E-state index in [0.717, 1.165) is 30.5 Å². The Morgan fingerprint density at radius 2 is 2.32 bits per heavy atom. The Hall–Kier alpha value is -1.07. The van der Waals surface area contributed by atoms with E-state index < -0.39 is 0 Å². The molecule has 1 unspecified atom stereocenters. The van der Waals surface area contributed by atoms with Gasteiger partial charge >= 0.3 is 0 Å². The maximum Gasteiger partial charge on any atom is 0.254 e. The van der Waals surface area contributed by atoms with Crippen LogP contribution < -0.4 is 5.73 Å². The minimum Gasteiger partial charge on any atom is -0.399 e. The molecular formula is C14H20BrN3O. The first-order valence-corrected chi connectivity index (χ1v) is 7.25. The van der Waals surface area contributed by atoms with Crippen molar-refractivity contribution >= 4 is 27.5 Å². The number of amides is 1. The van der Waals surface area contributed by atoms with Crippen LogP contribution >= 0.6 is 15.9 Å². The van der Waals surface area contributed by atoms with Crippen molar-refractivity contribution in [2.45, 2.75) is 6.42 Å². The van der Waals surface area contributed by atoms with Crippen LogP contribution in [0.4, 0.5) is 5.69 Å². The molecule has 0 spiro atoms. The summed E-state index contributed by atoms with van der Waals surface area (Å²) in [6.07, 6.45) is 1.16. The van der Waals surface area contributed by atoms with Gasteiger partial charge in [0.25, 0.3) is 5.91 Å². The Morgan fingerprint density at radius 1 is 1.58 bits per heavy atom. The minimum atomic E-state index is 0.0220. The van der Waals surface area contributed by atoms with E-state index in [9.17, 15) is 4.79 Å². The van der Waals surface area contributed by atoms with Crippen LogP contribution in [0.2, 0.25) is 0 Å². The highest BCUT2D eigenvalue weighted by atomic mass is 79.9. The number of hydrogen-bond donors (Lipinski definition) is 1. The molecule has 19 heavy (non-hydrogen) atoms. The molecule has 1 amide bonds. The fourth-order valence-corrected chi connectivity index (χ4v) is 2.97. The van der Waals surface area contributed by atoms with Gasteiger partial charge in [0.15, 0.2) is 0 Å². The maximum absolute atomic E-state index is 12.4. The van der Waals surface area contributed by atoms with Crippen molar-refractivity contribution in [2.24, 2.45) is 5.92 Å². The number of rotatable bonds is 3. The number of carbonyl (C=O) groups excluding carboxylic acids is 1. The van der Waals surface area contributed by atoms with Crippen molar-refractivity contribution in [1.29, 1.82) is 0 Å². The monoisotopic (exact) mass is 325 g/mol. The van der Waals surface area contributed by atoms with Gasteiger partial charge in [-0.25, -0.2) is 0 Å². The summed E-state index contributed by atoms with van der Waals surface area (Å²) in [6, 6.07) is 5.33. The molecule has 1 aliphatic rings. The van der Waals surface area contributed by atoms with Gasteiger partial charge in [0.2, 0.25) is 0 Å². The lowest BCUT2D eigenvalue weighted by Gasteiger charge is -2.22. The van der Waals surface area contributed by atoms with E-state index in [4.69, 9.17) is 5.73 Å². The molecule has 104 valence electrons. The van der Waals surface area contributed by atoms with E-state index in [1.165, 1.54) is 0 Å². The summed E-state index contributed by atoms with van der Waals surface area (Å²) in [5.74, 6) is 0.590. The predicted octanol–water partition coefficient (Wildman–Crippen LogP) is 2.05. The number of nitrogens with zero attached hydrogens (tertiary/aromatic N) is 2. The second-order valence-corrected chi connectivity index (χ2v) is 6.20. The number of hydrogen-bond acceptors (Lipinski definition) is 3. The molecule has 0 radical (unpaired) electrons. The second-order valence-electron chi connectivity index (χ2n) is 5.34. The van der Waals surface area contributed by atoms with Crippen LogP contribution in [0.5, 0.6) is 0 Å². The van der Waals surface area contributed by atoms with Crippen LogP contribution in [-0.2, 0) is 0 Å². The van der Waals surface area contributed by atoms with Gasteiger partial charge in [-0.15, -0.1) is 0 Å². The van der Waals surface area contributed by atoms with Gasteiger partial charge in [0.1, 0.15) is 0 Å². The molecule has 2 rings (SSSR count). The van der Waals surface area contributed by atoms with E-state index in [-0.39, 0.29) is 5.91 Å². The van der Waals surface area contributed by atoms with Gasteiger partial charge in [-0.05, 0) is 60.1 Å². The zero-order chi connectivity index (χ0) is 14.0. The predicted molar refractivity (Wildman–Crippen MR) is 81.1 cm³/mol. The van der Waals surface area contributed by atoms with E-state index in [2.05, 4.69) is 27.9 Å². The second kappa shape index (κ2) is 5.92. The highest BCUT2D eigenvalue weighted by Crippen LogP contribution is 2.22. The maximum atomic E-state index is 12.4. The molecule has 1 aromatic carbocycles. The van der Waals surface area contributed by atoms with Gasteiger partial charge < -0.3 is 15.5 Å². The average Bonchev–Trinajstić information content (AvgIpc) is 2.77. The highest BCUT2D eigenvalue weighted by molar-refractivity contribution is 9.10. The molecule has 2 N–H and O–H groups in total. The molecule has 1 saturated heterocycles. The van der Waals surface area contributed by atoms with E-state index >= 15 is 0 Å². The number of nitrogens with two attached hydrogens (primary N) is 1. The summed E-state index contributed by atoms with van der Waals surface area (Å²) in [6.45, 7) is 2.98. The topological polar surface area (TPSA) is 49.6 Å². The highest BCUT2D eigenvalue weighted by Gasteiger charge is 2.23. The van der Waals surface area contributed by atoms with Crippen molar-refractivity contribution < 1.29 is 4.79 Å². The quantitative estimate of drug-likeness (QED) is 0.865. The molecule has 1 aromatic rings. The first-order chi connectivity index (χ1) is 8.97. The van der Waals surface area contributed by atoms with E-state index in [1.54, 1.807) is 17.0 Å². The lowest BCUT2D eigenvalue weighted by molar-refractivity contribution is 0.0773. The van der Waals surface area contributed by atoms with Crippen molar-refractivity contribution in [3.63, 3.8) is 0 Å². The number of likely N-dealkylation sites (tertiary alicyclic amines) is 1. The fourth-order valence-electron chi connectivity index (χ4n) is 2.56. The number of anilines is 1. The standard InChI is InChI=1S/C14H20BrN3O/c1-17-6-5-10(8-17)9-18(2)14(19)12-7-11(16)3-4-13(12)15/h3-4,7,10H,5-6,8-9,16H2,1-2H3. The normalized spacial score (nSPS) is 19.6. The number of nitrogen functional groups attached to an aromatic ring is 1. The molecule has 0 aromatic heterocycles. The molecule has 0 aliphatic carbocycles. The van der Waals surface area contributed by atoms with Crippen LogP contribution in [0.15, 0.2) is 22.7 Å². The largest absolute Gasteiger partial charge is 0.399 e. The lowest BCUT2D eigenvalue weighted by atomic mass is 10.1. The zero-order valence-corrected chi connectivity index (χ0v) is 13.0. The summed E-state index contributed by atoms with van der Waals surface area (Å²) in [4.78, 5) is 16.5. The summed E-state index contributed by atoms with van der Waals surface area (Å²) < 4.78 is 0.794.